The van der Waals surface area contributed by atoms with Crippen molar-refractivity contribution in [1.82, 2.24) is 9.80 Å². The van der Waals surface area contributed by atoms with Crippen LogP contribution in [-0.4, -0.2) is 47.8 Å². The Labute approximate surface area is 153 Å². The summed E-state index contributed by atoms with van der Waals surface area (Å²) in [7, 11) is 0. The number of nitrogens with zero attached hydrogens (tertiary/aromatic N) is 2. The molecule has 0 unspecified atom stereocenters. The minimum absolute atomic E-state index is 0.0917. The highest BCUT2D eigenvalue weighted by Crippen LogP contribution is 2.33. The normalized spacial score (nSPS) is 14.8. The maximum atomic E-state index is 14.1. The van der Waals surface area contributed by atoms with E-state index in [1.165, 1.54) is 29.9 Å². The number of fused-ring (bicyclic) bond motifs is 1. The van der Waals surface area contributed by atoms with Crippen LogP contribution in [0.5, 0.6) is 0 Å². The molecule has 1 aromatic carbocycles. The number of hydrogen-bond acceptors (Lipinski definition) is 4. The lowest BCUT2D eigenvalue weighted by atomic mass is 10.1. The van der Waals surface area contributed by atoms with Crippen molar-refractivity contribution in [3.8, 4) is 0 Å². The van der Waals surface area contributed by atoms with Gasteiger partial charge in [0, 0.05) is 36.3 Å². The van der Waals surface area contributed by atoms with Gasteiger partial charge in [-0.15, -0.1) is 11.3 Å². The van der Waals surface area contributed by atoms with Crippen LogP contribution in [0.15, 0.2) is 41.2 Å². The fourth-order valence-electron chi connectivity index (χ4n) is 3.28. The van der Waals surface area contributed by atoms with Crippen molar-refractivity contribution in [1.29, 1.82) is 0 Å². The molecule has 7 heteroatoms. The average molecular weight is 372 g/mol. The summed E-state index contributed by atoms with van der Waals surface area (Å²) in [6.07, 6.45) is 2.89. The number of carbonyl (C=O) groups excluding carboxylic acids is 2. The topological polar surface area (TPSA) is 53.8 Å². The zero-order valence-electron chi connectivity index (χ0n) is 14.2. The van der Waals surface area contributed by atoms with Crippen LogP contribution in [0.2, 0.25) is 0 Å². The summed E-state index contributed by atoms with van der Waals surface area (Å²) < 4.78 is 19.8. The zero-order valence-corrected chi connectivity index (χ0v) is 15.0. The number of furan rings is 1. The number of amides is 2. The van der Waals surface area contributed by atoms with E-state index in [0.29, 0.717) is 47.6 Å². The second kappa shape index (κ2) is 6.57. The molecule has 2 amide bonds. The Morgan fingerprint density at radius 2 is 1.77 bits per heavy atom. The Kier molecular flexibility index (Phi) is 4.24. The number of hydrogen-bond donors (Lipinski definition) is 0. The van der Waals surface area contributed by atoms with Crippen LogP contribution >= 0.6 is 11.3 Å². The van der Waals surface area contributed by atoms with E-state index in [4.69, 9.17) is 4.42 Å². The van der Waals surface area contributed by atoms with Gasteiger partial charge in [0.25, 0.3) is 11.8 Å². The Hall–Kier alpha value is -2.67. The summed E-state index contributed by atoms with van der Waals surface area (Å²) in [5, 5.41) is 0.523. The molecule has 0 saturated carbocycles. The molecular weight excluding hydrogens is 355 g/mol. The molecule has 0 radical (unpaired) electrons. The zero-order chi connectivity index (χ0) is 18.3. The Balaban J connectivity index is 1.50. The molecule has 1 aliphatic rings. The fraction of sp³-hybridized carbons (Fsp3) is 0.263. The summed E-state index contributed by atoms with van der Waals surface area (Å²) in [5.74, 6) is -0.490. The maximum Gasteiger partial charge on any atom is 0.264 e. The van der Waals surface area contributed by atoms with Gasteiger partial charge in [0.2, 0.25) is 0 Å². The molecule has 1 fully saturated rings. The predicted molar refractivity (Wildman–Crippen MR) is 97.0 cm³/mol. The van der Waals surface area contributed by atoms with Gasteiger partial charge in [0.15, 0.2) is 0 Å². The lowest BCUT2D eigenvalue weighted by molar-refractivity contribution is 0.0537. The van der Waals surface area contributed by atoms with E-state index in [1.807, 2.05) is 6.07 Å². The van der Waals surface area contributed by atoms with Gasteiger partial charge in [-0.2, -0.15) is 0 Å². The lowest BCUT2D eigenvalue weighted by Crippen LogP contribution is -2.50. The van der Waals surface area contributed by atoms with Crippen LogP contribution in [0, 0.1) is 12.7 Å². The van der Waals surface area contributed by atoms with Gasteiger partial charge < -0.3 is 14.2 Å². The molecule has 0 aliphatic carbocycles. The van der Waals surface area contributed by atoms with Gasteiger partial charge in [0.1, 0.15) is 12.1 Å². The van der Waals surface area contributed by atoms with E-state index in [0.717, 1.165) is 4.70 Å². The van der Waals surface area contributed by atoms with Gasteiger partial charge >= 0.3 is 0 Å². The number of piperazine rings is 1. The van der Waals surface area contributed by atoms with Crippen molar-refractivity contribution in [2.75, 3.05) is 26.2 Å². The third kappa shape index (κ3) is 2.78. The van der Waals surface area contributed by atoms with E-state index in [9.17, 15) is 14.0 Å². The first kappa shape index (κ1) is 16.8. The third-order valence-corrected chi connectivity index (χ3v) is 5.96. The highest BCUT2D eigenvalue weighted by atomic mass is 32.1. The summed E-state index contributed by atoms with van der Waals surface area (Å²) in [4.78, 5) is 29.3. The molecule has 3 heterocycles. The van der Waals surface area contributed by atoms with Crippen molar-refractivity contribution in [3.05, 3.63) is 58.6 Å². The molecule has 0 N–H and O–H groups in total. The van der Waals surface area contributed by atoms with Crippen molar-refractivity contribution >= 4 is 33.2 Å². The number of benzene rings is 1. The second-order valence-corrected chi connectivity index (χ2v) is 7.32. The number of halogens is 1. The molecule has 134 valence electrons. The minimum Gasteiger partial charge on any atom is -0.472 e. The quantitative estimate of drug-likeness (QED) is 0.691. The van der Waals surface area contributed by atoms with Crippen molar-refractivity contribution in [3.63, 3.8) is 0 Å². The molecule has 26 heavy (non-hydrogen) atoms. The van der Waals surface area contributed by atoms with Gasteiger partial charge in [-0.1, -0.05) is 6.07 Å². The monoisotopic (exact) mass is 372 g/mol. The summed E-state index contributed by atoms with van der Waals surface area (Å²) in [5.41, 5.74) is 1.20. The van der Waals surface area contributed by atoms with E-state index in [1.54, 1.807) is 28.9 Å². The molecule has 3 aromatic rings. The predicted octanol–water partition coefficient (Wildman–Crippen LogP) is 3.54. The summed E-state index contributed by atoms with van der Waals surface area (Å²) in [6.45, 7) is 3.63. The van der Waals surface area contributed by atoms with Crippen LogP contribution in [0.1, 0.15) is 25.6 Å². The van der Waals surface area contributed by atoms with Gasteiger partial charge in [-0.05, 0) is 30.7 Å². The van der Waals surface area contributed by atoms with Gasteiger partial charge in [-0.25, -0.2) is 4.39 Å². The lowest BCUT2D eigenvalue weighted by Gasteiger charge is -2.34. The number of aryl methyl sites for hydroxylation is 1. The molecule has 4 rings (SSSR count). The van der Waals surface area contributed by atoms with Gasteiger partial charge in [-0.3, -0.25) is 9.59 Å². The van der Waals surface area contributed by atoms with Crippen LogP contribution in [0.25, 0.3) is 10.1 Å². The van der Waals surface area contributed by atoms with Gasteiger partial charge in [0.05, 0.1) is 16.7 Å². The molecule has 0 atom stereocenters. The smallest absolute Gasteiger partial charge is 0.264 e. The largest absolute Gasteiger partial charge is 0.472 e. The van der Waals surface area contributed by atoms with Crippen molar-refractivity contribution in [2.45, 2.75) is 6.92 Å². The SMILES string of the molecule is Cc1c(C(=O)N2CCN(C(=O)c3ccoc3)CC2)sc2cccc(F)c12. The summed E-state index contributed by atoms with van der Waals surface area (Å²) in [6, 6.07) is 6.53. The second-order valence-electron chi connectivity index (χ2n) is 6.27. The first-order chi connectivity index (χ1) is 12.6. The van der Waals surface area contributed by atoms with Crippen LogP contribution in [0.4, 0.5) is 4.39 Å². The van der Waals surface area contributed by atoms with E-state index in [-0.39, 0.29) is 17.6 Å². The van der Waals surface area contributed by atoms with Crippen molar-refractivity contribution < 1.29 is 18.4 Å². The number of thiophene rings is 1. The van der Waals surface area contributed by atoms with Crippen LogP contribution < -0.4 is 0 Å². The van der Waals surface area contributed by atoms with E-state index < -0.39 is 0 Å². The number of rotatable bonds is 2. The first-order valence-corrected chi connectivity index (χ1v) is 9.16. The number of carbonyl (C=O) groups is 2. The fourth-order valence-corrected chi connectivity index (χ4v) is 4.47. The van der Waals surface area contributed by atoms with Crippen LogP contribution in [-0.2, 0) is 0 Å². The minimum atomic E-state index is -0.300. The van der Waals surface area contributed by atoms with Crippen molar-refractivity contribution in [2.24, 2.45) is 0 Å². The maximum absolute atomic E-state index is 14.1. The molecular formula is C19H17FN2O3S. The Morgan fingerprint density at radius 3 is 2.38 bits per heavy atom. The van der Waals surface area contributed by atoms with Crippen LogP contribution in [0.3, 0.4) is 0 Å². The molecule has 0 bridgehead atoms. The standard InChI is InChI=1S/C19H17FN2O3S/c1-12-16-14(20)3-2-4-15(16)26-17(12)19(24)22-8-6-21(7-9-22)18(23)13-5-10-25-11-13/h2-5,10-11H,6-9H2,1H3. The van der Waals surface area contributed by atoms with E-state index in [2.05, 4.69) is 0 Å². The molecule has 5 nitrogen and oxygen atoms in total. The third-order valence-electron chi connectivity index (χ3n) is 4.72. The Morgan fingerprint density at radius 1 is 1.08 bits per heavy atom. The average Bonchev–Trinajstić information content (AvgIpc) is 3.30. The summed E-state index contributed by atoms with van der Waals surface area (Å²) >= 11 is 1.32. The highest BCUT2D eigenvalue weighted by molar-refractivity contribution is 7.21. The van der Waals surface area contributed by atoms with E-state index >= 15 is 0 Å². The molecule has 1 saturated heterocycles. The molecule has 1 aliphatic heterocycles. The molecule has 0 spiro atoms. The first-order valence-electron chi connectivity index (χ1n) is 8.34. The highest BCUT2D eigenvalue weighted by Gasteiger charge is 2.28. The molecule has 2 aromatic heterocycles. The Bertz CT molecular complexity index is 972.